The first-order chi connectivity index (χ1) is 16.9. The standard InChI is InChI=1S/C29H33FN2O3/c1-21-7-10-23(11-8-21)20-35-28(24-5-4-6-26(17-24)34-3)19-31-13-15-32(16-14-31)29(33)27-18-25(30)12-9-22(27)2/h4-12,17-18,28H,13-16,19-20H2,1-3H3/t28-/m0/s1. The van der Waals surface area contributed by atoms with Crippen LogP contribution in [-0.4, -0.2) is 55.5 Å². The Morgan fingerprint density at radius 3 is 2.43 bits per heavy atom. The van der Waals surface area contributed by atoms with E-state index in [1.54, 1.807) is 13.2 Å². The van der Waals surface area contributed by atoms with Crippen molar-refractivity contribution in [1.29, 1.82) is 0 Å². The van der Waals surface area contributed by atoms with E-state index in [0.717, 1.165) is 35.5 Å². The van der Waals surface area contributed by atoms with E-state index in [1.807, 2.05) is 30.0 Å². The topological polar surface area (TPSA) is 42.0 Å². The van der Waals surface area contributed by atoms with Gasteiger partial charge >= 0.3 is 0 Å². The van der Waals surface area contributed by atoms with Gasteiger partial charge in [-0.15, -0.1) is 0 Å². The lowest BCUT2D eigenvalue weighted by Crippen LogP contribution is -2.49. The van der Waals surface area contributed by atoms with Gasteiger partial charge in [0.05, 0.1) is 19.8 Å². The van der Waals surface area contributed by atoms with E-state index in [0.29, 0.717) is 31.8 Å². The fraction of sp³-hybridized carbons (Fsp3) is 0.345. The zero-order valence-electron chi connectivity index (χ0n) is 20.7. The molecule has 0 unspecified atom stereocenters. The molecule has 0 bridgehead atoms. The molecule has 35 heavy (non-hydrogen) atoms. The highest BCUT2D eigenvalue weighted by atomic mass is 19.1. The van der Waals surface area contributed by atoms with E-state index >= 15 is 0 Å². The highest BCUT2D eigenvalue weighted by molar-refractivity contribution is 5.95. The van der Waals surface area contributed by atoms with Crippen molar-refractivity contribution in [2.75, 3.05) is 39.8 Å². The monoisotopic (exact) mass is 476 g/mol. The number of ether oxygens (including phenoxy) is 2. The van der Waals surface area contributed by atoms with Crippen molar-refractivity contribution < 1.29 is 18.7 Å². The predicted molar refractivity (Wildman–Crippen MR) is 135 cm³/mol. The van der Waals surface area contributed by atoms with Crippen molar-refractivity contribution in [3.63, 3.8) is 0 Å². The summed E-state index contributed by atoms with van der Waals surface area (Å²) in [6, 6.07) is 20.7. The maximum atomic E-state index is 13.7. The SMILES string of the molecule is COc1cccc([C@H](CN2CCN(C(=O)c3cc(F)ccc3C)CC2)OCc2ccc(C)cc2)c1. The molecule has 1 aliphatic heterocycles. The van der Waals surface area contributed by atoms with Gasteiger partial charge in [-0.2, -0.15) is 0 Å². The van der Waals surface area contributed by atoms with E-state index in [9.17, 15) is 9.18 Å². The maximum absolute atomic E-state index is 13.7. The summed E-state index contributed by atoms with van der Waals surface area (Å²) in [4.78, 5) is 17.1. The summed E-state index contributed by atoms with van der Waals surface area (Å²) in [5, 5.41) is 0. The predicted octanol–water partition coefficient (Wildman–Crippen LogP) is 5.17. The third-order valence-corrected chi connectivity index (χ3v) is 6.55. The molecule has 1 aliphatic rings. The Bertz CT molecular complexity index is 1140. The van der Waals surface area contributed by atoms with Crippen LogP contribution in [0.2, 0.25) is 0 Å². The Balaban J connectivity index is 1.41. The molecule has 0 N–H and O–H groups in total. The fourth-order valence-electron chi connectivity index (χ4n) is 4.34. The zero-order valence-corrected chi connectivity index (χ0v) is 20.7. The second kappa shape index (κ2) is 11.5. The zero-order chi connectivity index (χ0) is 24.8. The van der Waals surface area contributed by atoms with E-state index in [1.165, 1.54) is 17.7 Å². The van der Waals surface area contributed by atoms with Crippen LogP contribution in [-0.2, 0) is 11.3 Å². The van der Waals surface area contributed by atoms with Crippen LogP contribution in [0.5, 0.6) is 5.75 Å². The van der Waals surface area contributed by atoms with E-state index in [2.05, 4.69) is 42.2 Å². The summed E-state index contributed by atoms with van der Waals surface area (Å²) in [5.41, 5.74) is 4.64. The lowest BCUT2D eigenvalue weighted by atomic mass is 10.1. The molecule has 0 saturated carbocycles. The number of aryl methyl sites for hydroxylation is 2. The van der Waals surface area contributed by atoms with E-state index < -0.39 is 0 Å². The summed E-state index contributed by atoms with van der Waals surface area (Å²) in [6.07, 6.45) is -0.140. The quantitative estimate of drug-likeness (QED) is 0.450. The van der Waals surface area contributed by atoms with Crippen LogP contribution in [0.4, 0.5) is 4.39 Å². The molecule has 184 valence electrons. The fourth-order valence-corrected chi connectivity index (χ4v) is 4.34. The van der Waals surface area contributed by atoms with Crippen LogP contribution < -0.4 is 4.74 Å². The van der Waals surface area contributed by atoms with Gasteiger partial charge in [0.25, 0.3) is 5.91 Å². The van der Waals surface area contributed by atoms with Gasteiger partial charge < -0.3 is 14.4 Å². The van der Waals surface area contributed by atoms with Crippen LogP contribution in [0.3, 0.4) is 0 Å². The van der Waals surface area contributed by atoms with E-state index in [4.69, 9.17) is 9.47 Å². The first kappa shape index (κ1) is 24.9. The molecule has 1 amide bonds. The van der Waals surface area contributed by atoms with Crippen molar-refractivity contribution in [3.05, 3.63) is 100 Å². The molecule has 3 aromatic carbocycles. The first-order valence-corrected chi connectivity index (χ1v) is 12.0. The van der Waals surface area contributed by atoms with Crippen molar-refractivity contribution in [3.8, 4) is 5.75 Å². The van der Waals surface area contributed by atoms with Crippen LogP contribution in [0.1, 0.15) is 38.7 Å². The molecule has 1 heterocycles. The number of carbonyl (C=O) groups excluding carboxylic acids is 1. The molecule has 0 aromatic heterocycles. The number of halogens is 1. The number of amides is 1. The lowest BCUT2D eigenvalue weighted by molar-refractivity contribution is 0.00332. The number of piperazine rings is 1. The molecule has 1 atom stereocenters. The molecule has 1 fully saturated rings. The average Bonchev–Trinajstić information content (AvgIpc) is 2.89. The molecule has 5 nitrogen and oxygen atoms in total. The minimum atomic E-state index is -0.385. The Kier molecular flexibility index (Phi) is 8.16. The number of benzene rings is 3. The molecular formula is C29H33FN2O3. The van der Waals surface area contributed by atoms with Gasteiger partial charge in [-0.05, 0) is 54.8 Å². The molecule has 0 aliphatic carbocycles. The van der Waals surface area contributed by atoms with Gasteiger partial charge in [-0.3, -0.25) is 9.69 Å². The summed E-state index contributed by atoms with van der Waals surface area (Å²) in [7, 11) is 1.66. The molecule has 1 saturated heterocycles. The van der Waals surface area contributed by atoms with Crippen LogP contribution in [0, 0.1) is 19.7 Å². The Morgan fingerprint density at radius 2 is 1.71 bits per heavy atom. The van der Waals surface area contributed by atoms with Gasteiger partial charge in [-0.25, -0.2) is 4.39 Å². The Hall–Kier alpha value is -3.22. The van der Waals surface area contributed by atoms with Crippen molar-refractivity contribution >= 4 is 5.91 Å². The summed E-state index contributed by atoms with van der Waals surface area (Å²) in [6.45, 7) is 7.79. The van der Waals surface area contributed by atoms with Crippen LogP contribution in [0.15, 0.2) is 66.7 Å². The maximum Gasteiger partial charge on any atom is 0.254 e. The molecule has 3 aromatic rings. The summed E-state index contributed by atoms with van der Waals surface area (Å²) < 4.78 is 25.5. The largest absolute Gasteiger partial charge is 0.497 e. The minimum absolute atomic E-state index is 0.110. The minimum Gasteiger partial charge on any atom is -0.497 e. The van der Waals surface area contributed by atoms with Gasteiger partial charge in [-0.1, -0.05) is 48.0 Å². The lowest BCUT2D eigenvalue weighted by Gasteiger charge is -2.36. The van der Waals surface area contributed by atoms with Crippen LogP contribution >= 0.6 is 0 Å². The third-order valence-electron chi connectivity index (χ3n) is 6.55. The van der Waals surface area contributed by atoms with Crippen LogP contribution in [0.25, 0.3) is 0 Å². The third kappa shape index (κ3) is 6.47. The number of methoxy groups -OCH3 is 1. The van der Waals surface area contributed by atoms with Gasteiger partial charge in [0.2, 0.25) is 0 Å². The van der Waals surface area contributed by atoms with Crippen molar-refractivity contribution in [2.24, 2.45) is 0 Å². The molecule has 0 radical (unpaired) electrons. The van der Waals surface area contributed by atoms with Gasteiger partial charge in [0, 0.05) is 38.3 Å². The molecule has 4 rings (SSSR count). The average molecular weight is 477 g/mol. The number of rotatable bonds is 8. The molecule has 0 spiro atoms. The number of hydrogen-bond donors (Lipinski definition) is 0. The van der Waals surface area contributed by atoms with Crippen molar-refractivity contribution in [1.82, 2.24) is 9.80 Å². The smallest absolute Gasteiger partial charge is 0.254 e. The number of hydrogen-bond acceptors (Lipinski definition) is 4. The highest BCUT2D eigenvalue weighted by Crippen LogP contribution is 2.25. The van der Waals surface area contributed by atoms with Gasteiger partial charge in [0.1, 0.15) is 11.6 Å². The Morgan fingerprint density at radius 1 is 0.971 bits per heavy atom. The first-order valence-electron chi connectivity index (χ1n) is 12.0. The second-order valence-electron chi connectivity index (χ2n) is 9.11. The molecule has 6 heteroatoms. The number of carbonyl (C=O) groups is 1. The second-order valence-corrected chi connectivity index (χ2v) is 9.11. The Labute approximate surface area is 207 Å². The van der Waals surface area contributed by atoms with Crippen molar-refractivity contribution in [2.45, 2.75) is 26.6 Å². The highest BCUT2D eigenvalue weighted by Gasteiger charge is 2.26. The summed E-state index contributed by atoms with van der Waals surface area (Å²) in [5.74, 6) is 0.304. The summed E-state index contributed by atoms with van der Waals surface area (Å²) >= 11 is 0. The van der Waals surface area contributed by atoms with Gasteiger partial charge in [0.15, 0.2) is 0 Å². The number of nitrogens with zero attached hydrogens (tertiary/aromatic N) is 2. The van der Waals surface area contributed by atoms with E-state index in [-0.39, 0.29) is 17.8 Å². The normalized spacial score (nSPS) is 15.1. The molecular weight excluding hydrogens is 443 g/mol.